The van der Waals surface area contributed by atoms with Crippen LogP contribution in [0.4, 0.5) is 0 Å². The predicted molar refractivity (Wildman–Crippen MR) is 66.8 cm³/mol. The van der Waals surface area contributed by atoms with Crippen LogP contribution in [0, 0.1) is 11.3 Å². The molecule has 0 fully saturated rings. The highest BCUT2D eigenvalue weighted by atomic mass is 14.4. The third-order valence-electron chi connectivity index (χ3n) is 4.47. The average molecular weight is 204 g/mol. The van der Waals surface area contributed by atoms with Crippen LogP contribution < -0.4 is 0 Å². The van der Waals surface area contributed by atoms with Gasteiger partial charge in [0.05, 0.1) is 0 Å². The van der Waals surface area contributed by atoms with Gasteiger partial charge in [-0.3, -0.25) is 0 Å². The molecule has 0 heteroatoms. The summed E-state index contributed by atoms with van der Waals surface area (Å²) in [5.74, 6) is 0.765. The second-order valence-electron chi connectivity index (χ2n) is 6.11. The number of allylic oxidation sites excluding steroid dienone is 3. The quantitative estimate of drug-likeness (QED) is 0.535. The molecular weight excluding hydrogens is 180 g/mol. The van der Waals surface area contributed by atoms with Crippen LogP contribution in [0.1, 0.15) is 59.3 Å². The summed E-state index contributed by atoms with van der Waals surface area (Å²) in [5, 5.41) is 0. The maximum atomic E-state index is 4.14. The second-order valence-corrected chi connectivity index (χ2v) is 6.11. The first-order valence-corrected chi connectivity index (χ1v) is 6.37. The van der Waals surface area contributed by atoms with Crippen LogP contribution in [-0.2, 0) is 0 Å². The van der Waals surface area contributed by atoms with Gasteiger partial charge in [0.1, 0.15) is 0 Å². The summed E-state index contributed by atoms with van der Waals surface area (Å²) < 4.78 is 0. The fraction of sp³-hybridized carbons (Fsp3) is 0.733. The summed E-state index contributed by atoms with van der Waals surface area (Å²) >= 11 is 0. The van der Waals surface area contributed by atoms with Gasteiger partial charge in [-0.05, 0) is 56.8 Å². The highest BCUT2D eigenvalue weighted by molar-refractivity contribution is 5.28. The Bertz CT molecular complexity index is 304. The SMILES string of the molecule is C=C(C)C1CCC2=C(C1)C(C)(C)CCC2. The first-order valence-electron chi connectivity index (χ1n) is 6.37. The van der Waals surface area contributed by atoms with Crippen LogP contribution in [0.2, 0.25) is 0 Å². The van der Waals surface area contributed by atoms with Crippen molar-refractivity contribution in [2.24, 2.45) is 11.3 Å². The monoisotopic (exact) mass is 204 g/mol. The van der Waals surface area contributed by atoms with Crippen molar-refractivity contribution in [3.05, 3.63) is 23.3 Å². The molecule has 0 aromatic carbocycles. The third kappa shape index (κ3) is 2.04. The van der Waals surface area contributed by atoms with Gasteiger partial charge in [-0.1, -0.05) is 37.1 Å². The summed E-state index contributed by atoms with van der Waals surface area (Å²) in [5.41, 5.74) is 5.45. The third-order valence-corrected chi connectivity index (χ3v) is 4.47. The standard InChI is InChI=1S/C15H24/c1-11(2)13-8-7-12-6-5-9-15(3,4)14(12)10-13/h13H,1,5-10H2,2-4H3. The van der Waals surface area contributed by atoms with E-state index in [0.29, 0.717) is 5.41 Å². The molecule has 0 radical (unpaired) electrons. The van der Waals surface area contributed by atoms with Gasteiger partial charge in [-0.25, -0.2) is 0 Å². The Balaban J connectivity index is 2.25. The molecule has 0 nitrogen and oxygen atoms in total. The molecule has 0 aromatic heterocycles. The maximum absolute atomic E-state index is 4.14. The Kier molecular flexibility index (Phi) is 2.79. The minimum absolute atomic E-state index is 0.474. The van der Waals surface area contributed by atoms with Crippen LogP contribution in [0.15, 0.2) is 23.3 Å². The van der Waals surface area contributed by atoms with Gasteiger partial charge in [0, 0.05) is 0 Å². The van der Waals surface area contributed by atoms with Crippen molar-refractivity contribution in [2.75, 3.05) is 0 Å². The minimum Gasteiger partial charge on any atom is -0.0998 e. The van der Waals surface area contributed by atoms with E-state index in [1.54, 1.807) is 11.1 Å². The van der Waals surface area contributed by atoms with Crippen molar-refractivity contribution in [3.63, 3.8) is 0 Å². The molecule has 2 rings (SSSR count). The first-order chi connectivity index (χ1) is 7.00. The van der Waals surface area contributed by atoms with E-state index in [9.17, 15) is 0 Å². The molecular formula is C15H24. The fourth-order valence-electron chi connectivity index (χ4n) is 3.34. The first kappa shape index (κ1) is 11.0. The summed E-state index contributed by atoms with van der Waals surface area (Å²) in [4.78, 5) is 0. The minimum atomic E-state index is 0.474. The van der Waals surface area contributed by atoms with Gasteiger partial charge in [-0.2, -0.15) is 0 Å². The Morgan fingerprint density at radius 3 is 2.73 bits per heavy atom. The number of hydrogen-bond donors (Lipinski definition) is 0. The van der Waals surface area contributed by atoms with Crippen molar-refractivity contribution in [1.29, 1.82) is 0 Å². The molecule has 15 heavy (non-hydrogen) atoms. The van der Waals surface area contributed by atoms with Gasteiger partial charge in [0.2, 0.25) is 0 Å². The van der Waals surface area contributed by atoms with Crippen molar-refractivity contribution in [1.82, 2.24) is 0 Å². The Morgan fingerprint density at radius 2 is 2.07 bits per heavy atom. The van der Waals surface area contributed by atoms with Crippen LogP contribution in [0.5, 0.6) is 0 Å². The molecule has 2 aliphatic rings. The molecule has 84 valence electrons. The van der Waals surface area contributed by atoms with E-state index in [0.717, 1.165) is 5.92 Å². The molecule has 0 heterocycles. The van der Waals surface area contributed by atoms with Crippen molar-refractivity contribution < 1.29 is 0 Å². The topological polar surface area (TPSA) is 0 Å². The predicted octanol–water partition coefficient (Wildman–Crippen LogP) is 4.87. The molecule has 1 atom stereocenters. The maximum Gasteiger partial charge on any atom is -0.0142 e. The zero-order valence-electron chi connectivity index (χ0n) is 10.5. The van der Waals surface area contributed by atoms with E-state index < -0.39 is 0 Å². The van der Waals surface area contributed by atoms with E-state index in [1.165, 1.54) is 44.1 Å². The molecule has 0 amide bonds. The van der Waals surface area contributed by atoms with Gasteiger partial charge < -0.3 is 0 Å². The molecule has 2 aliphatic carbocycles. The van der Waals surface area contributed by atoms with Crippen LogP contribution in [0.25, 0.3) is 0 Å². The molecule has 0 saturated heterocycles. The summed E-state index contributed by atoms with van der Waals surface area (Å²) in [7, 11) is 0. The smallest absolute Gasteiger partial charge is 0.0142 e. The number of rotatable bonds is 1. The van der Waals surface area contributed by atoms with Crippen molar-refractivity contribution >= 4 is 0 Å². The van der Waals surface area contributed by atoms with Gasteiger partial charge in [0.25, 0.3) is 0 Å². The largest absolute Gasteiger partial charge is 0.0998 e. The molecule has 0 aliphatic heterocycles. The second kappa shape index (κ2) is 3.81. The summed E-state index contributed by atoms with van der Waals surface area (Å²) in [6.45, 7) is 11.2. The lowest BCUT2D eigenvalue weighted by Crippen LogP contribution is -2.26. The van der Waals surface area contributed by atoms with Gasteiger partial charge in [0.15, 0.2) is 0 Å². The lowest BCUT2D eigenvalue weighted by molar-refractivity contribution is 0.316. The molecule has 0 spiro atoms. The molecule has 0 N–H and O–H groups in total. The Hall–Kier alpha value is -0.520. The number of hydrogen-bond acceptors (Lipinski definition) is 0. The van der Waals surface area contributed by atoms with Crippen LogP contribution >= 0.6 is 0 Å². The lowest BCUT2D eigenvalue weighted by Gasteiger charge is -2.40. The van der Waals surface area contributed by atoms with E-state index in [-0.39, 0.29) is 0 Å². The average Bonchev–Trinajstić information content (AvgIpc) is 2.17. The van der Waals surface area contributed by atoms with Crippen molar-refractivity contribution in [2.45, 2.75) is 59.3 Å². The lowest BCUT2D eigenvalue weighted by atomic mass is 9.65. The molecule has 0 aromatic rings. The Morgan fingerprint density at radius 1 is 1.33 bits per heavy atom. The summed E-state index contributed by atoms with van der Waals surface area (Å²) in [6.07, 6.45) is 8.16. The van der Waals surface area contributed by atoms with Crippen LogP contribution in [0.3, 0.4) is 0 Å². The van der Waals surface area contributed by atoms with E-state index in [1.807, 2.05) is 0 Å². The highest BCUT2D eigenvalue weighted by Gasteiger charge is 2.33. The van der Waals surface area contributed by atoms with Gasteiger partial charge >= 0.3 is 0 Å². The van der Waals surface area contributed by atoms with Crippen LogP contribution in [-0.4, -0.2) is 0 Å². The normalized spacial score (nSPS) is 29.9. The molecule has 0 saturated carbocycles. The highest BCUT2D eigenvalue weighted by Crippen LogP contribution is 2.48. The molecule has 0 bridgehead atoms. The zero-order valence-corrected chi connectivity index (χ0v) is 10.5. The van der Waals surface area contributed by atoms with E-state index in [2.05, 4.69) is 27.4 Å². The van der Waals surface area contributed by atoms with E-state index in [4.69, 9.17) is 0 Å². The Labute approximate surface area is 94.5 Å². The summed E-state index contributed by atoms with van der Waals surface area (Å²) in [6, 6.07) is 0. The zero-order chi connectivity index (χ0) is 11.1. The fourth-order valence-corrected chi connectivity index (χ4v) is 3.34. The van der Waals surface area contributed by atoms with Crippen molar-refractivity contribution in [3.8, 4) is 0 Å². The van der Waals surface area contributed by atoms with E-state index >= 15 is 0 Å². The van der Waals surface area contributed by atoms with Gasteiger partial charge in [-0.15, -0.1) is 0 Å². The molecule has 1 unspecified atom stereocenters.